The molecule has 0 fully saturated rings. The van der Waals surface area contributed by atoms with Gasteiger partial charge in [-0.15, -0.1) is 5.10 Å². The maximum absolute atomic E-state index is 12.4. The molecule has 3 rings (SSSR count). The van der Waals surface area contributed by atoms with Crippen molar-refractivity contribution >= 4 is 40.6 Å². The Labute approximate surface area is 176 Å². The molecule has 0 aliphatic heterocycles. The zero-order valence-electron chi connectivity index (χ0n) is 16.2. The number of rotatable bonds is 7. The van der Waals surface area contributed by atoms with Crippen LogP contribution in [-0.2, 0) is 11.3 Å². The molecule has 0 spiro atoms. The lowest BCUT2D eigenvalue weighted by atomic mass is 10.2. The summed E-state index contributed by atoms with van der Waals surface area (Å²) in [6, 6.07) is 11.5. The number of carbonyl (C=O) groups is 2. The van der Waals surface area contributed by atoms with Crippen molar-refractivity contribution in [3.63, 3.8) is 0 Å². The standard InChI is InChI=1S/C19H19ClN6O4/c1-29-14-8-7-13(9-15(14)30-2)22-16(27)10-26-18(21)17(24-25-26)19(28)23-12-5-3-11(20)4-6-12/h3-9H,10,21H2,1-2H3,(H,22,27)(H,23,28). The molecule has 0 unspecified atom stereocenters. The average molecular weight is 431 g/mol. The van der Waals surface area contributed by atoms with Gasteiger partial charge in [-0.05, 0) is 36.4 Å². The second-order valence-corrected chi connectivity index (χ2v) is 6.50. The molecule has 3 aromatic rings. The summed E-state index contributed by atoms with van der Waals surface area (Å²) in [5, 5.41) is 13.4. The van der Waals surface area contributed by atoms with Crippen LogP contribution in [0.3, 0.4) is 0 Å². The van der Waals surface area contributed by atoms with Crippen molar-refractivity contribution in [3.05, 3.63) is 53.2 Å². The monoisotopic (exact) mass is 430 g/mol. The predicted molar refractivity (Wildman–Crippen MR) is 112 cm³/mol. The summed E-state index contributed by atoms with van der Waals surface area (Å²) in [7, 11) is 3.01. The first-order chi connectivity index (χ1) is 14.4. The van der Waals surface area contributed by atoms with Crippen molar-refractivity contribution in [2.75, 3.05) is 30.6 Å². The molecule has 0 bridgehead atoms. The molecule has 156 valence electrons. The smallest absolute Gasteiger partial charge is 0.280 e. The van der Waals surface area contributed by atoms with E-state index < -0.39 is 11.8 Å². The minimum atomic E-state index is -0.554. The Kier molecular flexibility index (Phi) is 6.38. The van der Waals surface area contributed by atoms with Crippen molar-refractivity contribution in [3.8, 4) is 11.5 Å². The van der Waals surface area contributed by atoms with Gasteiger partial charge in [-0.1, -0.05) is 16.8 Å². The molecule has 2 aromatic carbocycles. The molecule has 1 aromatic heterocycles. The van der Waals surface area contributed by atoms with Crippen LogP contribution in [-0.4, -0.2) is 41.0 Å². The molecule has 1 heterocycles. The van der Waals surface area contributed by atoms with Crippen molar-refractivity contribution in [1.29, 1.82) is 0 Å². The molecule has 0 saturated carbocycles. The molecular weight excluding hydrogens is 412 g/mol. The Balaban J connectivity index is 1.66. The van der Waals surface area contributed by atoms with Crippen molar-refractivity contribution in [2.24, 2.45) is 0 Å². The highest BCUT2D eigenvalue weighted by Gasteiger charge is 2.19. The quantitative estimate of drug-likeness (QED) is 0.524. The van der Waals surface area contributed by atoms with Gasteiger partial charge in [-0.2, -0.15) is 0 Å². The third kappa shape index (κ3) is 4.78. The van der Waals surface area contributed by atoms with Gasteiger partial charge in [0.05, 0.1) is 14.2 Å². The van der Waals surface area contributed by atoms with Crippen LogP contribution in [0, 0.1) is 0 Å². The highest BCUT2D eigenvalue weighted by Crippen LogP contribution is 2.29. The molecule has 0 radical (unpaired) electrons. The number of amides is 2. The summed E-state index contributed by atoms with van der Waals surface area (Å²) in [6.07, 6.45) is 0. The number of anilines is 3. The topological polar surface area (TPSA) is 133 Å². The molecule has 30 heavy (non-hydrogen) atoms. The first kappa shape index (κ1) is 20.9. The fourth-order valence-electron chi connectivity index (χ4n) is 2.57. The van der Waals surface area contributed by atoms with Crippen molar-refractivity contribution < 1.29 is 19.1 Å². The first-order valence-electron chi connectivity index (χ1n) is 8.69. The lowest BCUT2D eigenvalue weighted by Crippen LogP contribution is -2.21. The lowest BCUT2D eigenvalue weighted by molar-refractivity contribution is -0.116. The Morgan fingerprint density at radius 2 is 1.70 bits per heavy atom. The Bertz CT molecular complexity index is 1070. The largest absolute Gasteiger partial charge is 0.493 e. The maximum Gasteiger partial charge on any atom is 0.280 e. The molecule has 0 atom stereocenters. The number of nitrogens with one attached hydrogen (secondary N) is 2. The number of carbonyl (C=O) groups excluding carboxylic acids is 2. The summed E-state index contributed by atoms with van der Waals surface area (Å²) in [5.74, 6) is -0.00198. The SMILES string of the molecule is COc1ccc(NC(=O)Cn2nnc(C(=O)Nc3ccc(Cl)cc3)c2N)cc1OC. The number of halogens is 1. The molecule has 0 saturated heterocycles. The number of benzene rings is 2. The highest BCUT2D eigenvalue weighted by atomic mass is 35.5. The fraction of sp³-hybridized carbons (Fsp3) is 0.158. The van der Waals surface area contributed by atoms with Gasteiger partial charge in [0.15, 0.2) is 23.0 Å². The fourth-order valence-corrected chi connectivity index (χ4v) is 2.70. The van der Waals surface area contributed by atoms with E-state index in [-0.39, 0.29) is 18.1 Å². The van der Waals surface area contributed by atoms with Gasteiger partial charge in [0.25, 0.3) is 5.91 Å². The van der Waals surface area contributed by atoms with E-state index in [1.54, 1.807) is 42.5 Å². The number of methoxy groups -OCH3 is 2. The van der Waals surface area contributed by atoms with Crippen LogP contribution in [0.4, 0.5) is 17.2 Å². The maximum atomic E-state index is 12.4. The summed E-state index contributed by atoms with van der Waals surface area (Å²) in [5.41, 5.74) is 6.87. The van der Waals surface area contributed by atoms with Gasteiger partial charge in [-0.3, -0.25) is 9.59 Å². The van der Waals surface area contributed by atoms with Crippen LogP contribution in [0.5, 0.6) is 11.5 Å². The van der Waals surface area contributed by atoms with Gasteiger partial charge in [0.2, 0.25) is 5.91 Å². The van der Waals surface area contributed by atoms with Gasteiger partial charge in [0, 0.05) is 22.5 Å². The lowest BCUT2D eigenvalue weighted by Gasteiger charge is -2.11. The van der Waals surface area contributed by atoms with E-state index in [1.165, 1.54) is 14.2 Å². The van der Waals surface area contributed by atoms with Crippen LogP contribution < -0.4 is 25.8 Å². The van der Waals surface area contributed by atoms with Gasteiger partial charge in [-0.25, -0.2) is 4.68 Å². The number of nitrogen functional groups attached to an aromatic ring is 1. The third-order valence-corrected chi connectivity index (χ3v) is 4.30. The zero-order chi connectivity index (χ0) is 21.7. The van der Waals surface area contributed by atoms with Crippen LogP contribution in [0.2, 0.25) is 5.02 Å². The van der Waals surface area contributed by atoms with Crippen molar-refractivity contribution in [2.45, 2.75) is 6.54 Å². The molecule has 0 aliphatic rings. The predicted octanol–water partition coefficient (Wildman–Crippen LogP) is 2.42. The van der Waals surface area contributed by atoms with E-state index in [2.05, 4.69) is 20.9 Å². The third-order valence-electron chi connectivity index (χ3n) is 4.05. The summed E-state index contributed by atoms with van der Waals surface area (Å²) >= 11 is 5.82. The number of nitrogens with zero attached hydrogens (tertiary/aromatic N) is 3. The van der Waals surface area contributed by atoms with Crippen LogP contribution in [0.15, 0.2) is 42.5 Å². The minimum absolute atomic E-state index is 0.0380. The minimum Gasteiger partial charge on any atom is -0.493 e. The number of nitrogens with two attached hydrogens (primary N) is 1. The van der Waals surface area contributed by atoms with E-state index in [0.717, 1.165) is 4.68 Å². The van der Waals surface area contributed by atoms with Gasteiger partial charge >= 0.3 is 0 Å². The summed E-state index contributed by atoms with van der Waals surface area (Å²) in [6.45, 7) is -0.235. The van der Waals surface area contributed by atoms with E-state index in [1.807, 2.05) is 0 Å². The Hall–Kier alpha value is -3.79. The highest BCUT2D eigenvalue weighted by molar-refractivity contribution is 6.30. The van der Waals surface area contributed by atoms with E-state index >= 15 is 0 Å². The number of ether oxygens (including phenoxy) is 2. The average Bonchev–Trinajstić information content (AvgIpc) is 3.09. The van der Waals surface area contributed by atoms with E-state index in [0.29, 0.717) is 27.9 Å². The van der Waals surface area contributed by atoms with Crippen LogP contribution in [0.1, 0.15) is 10.5 Å². The normalized spacial score (nSPS) is 10.4. The number of aromatic nitrogens is 3. The Morgan fingerprint density at radius 1 is 1.03 bits per heavy atom. The van der Waals surface area contributed by atoms with Crippen LogP contribution >= 0.6 is 11.6 Å². The zero-order valence-corrected chi connectivity index (χ0v) is 16.9. The van der Waals surface area contributed by atoms with Crippen LogP contribution in [0.25, 0.3) is 0 Å². The van der Waals surface area contributed by atoms with Gasteiger partial charge in [0.1, 0.15) is 6.54 Å². The summed E-state index contributed by atoms with van der Waals surface area (Å²) < 4.78 is 11.5. The number of hydrogen-bond acceptors (Lipinski definition) is 7. The molecular formula is C19H19ClN6O4. The molecule has 2 amide bonds. The van der Waals surface area contributed by atoms with E-state index in [9.17, 15) is 9.59 Å². The first-order valence-corrected chi connectivity index (χ1v) is 9.07. The molecule has 11 heteroatoms. The molecule has 4 N–H and O–H groups in total. The van der Waals surface area contributed by atoms with Crippen molar-refractivity contribution in [1.82, 2.24) is 15.0 Å². The second-order valence-electron chi connectivity index (χ2n) is 6.06. The van der Waals surface area contributed by atoms with Gasteiger partial charge < -0.3 is 25.8 Å². The molecule has 0 aliphatic carbocycles. The van der Waals surface area contributed by atoms with E-state index in [4.69, 9.17) is 26.8 Å². The molecule has 10 nitrogen and oxygen atoms in total. The number of hydrogen-bond donors (Lipinski definition) is 3. The Morgan fingerprint density at radius 3 is 2.37 bits per heavy atom. The second kappa shape index (κ2) is 9.14. The summed E-state index contributed by atoms with van der Waals surface area (Å²) in [4.78, 5) is 24.7.